The van der Waals surface area contributed by atoms with E-state index < -0.39 is 0 Å². The fourth-order valence-electron chi connectivity index (χ4n) is 2.72. The van der Waals surface area contributed by atoms with Gasteiger partial charge in [-0.3, -0.25) is 0 Å². The average Bonchev–Trinajstić information content (AvgIpc) is 2.32. The number of aliphatic hydroxyl groups excluding tert-OH is 1. The molecular formula is C13H29N3O. The third kappa shape index (κ3) is 4.54. The molecule has 0 amide bonds. The monoisotopic (exact) mass is 243 g/mol. The number of nitrogens with one attached hydrogen (secondary N) is 1. The van der Waals surface area contributed by atoms with Crippen LogP contribution in [0.5, 0.6) is 0 Å². The van der Waals surface area contributed by atoms with E-state index in [9.17, 15) is 0 Å². The van der Waals surface area contributed by atoms with Crippen LogP contribution in [0.25, 0.3) is 0 Å². The average molecular weight is 243 g/mol. The first-order valence-corrected chi connectivity index (χ1v) is 6.97. The van der Waals surface area contributed by atoms with E-state index in [1.807, 2.05) is 0 Å². The molecule has 0 aliphatic carbocycles. The molecule has 0 aromatic carbocycles. The van der Waals surface area contributed by atoms with Crippen LogP contribution in [-0.2, 0) is 0 Å². The van der Waals surface area contributed by atoms with Crippen molar-refractivity contribution in [2.24, 2.45) is 5.73 Å². The van der Waals surface area contributed by atoms with Gasteiger partial charge >= 0.3 is 0 Å². The van der Waals surface area contributed by atoms with Crippen molar-refractivity contribution in [3.8, 4) is 0 Å². The Morgan fingerprint density at radius 1 is 1.41 bits per heavy atom. The third-order valence-electron chi connectivity index (χ3n) is 3.86. The maximum Gasteiger partial charge on any atom is 0.0445 e. The Morgan fingerprint density at radius 2 is 2.06 bits per heavy atom. The van der Waals surface area contributed by atoms with Crippen molar-refractivity contribution >= 4 is 0 Å². The summed E-state index contributed by atoms with van der Waals surface area (Å²) >= 11 is 0. The Balaban J connectivity index is 2.43. The minimum atomic E-state index is 0.0961. The molecule has 1 aliphatic rings. The van der Waals surface area contributed by atoms with Crippen LogP contribution in [0.3, 0.4) is 0 Å². The third-order valence-corrected chi connectivity index (χ3v) is 3.86. The highest BCUT2D eigenvalue weighted by molar-refractivity contribution is 4.95. The van der Waals surface area contributed by atoms with Crippen molar-refractivity contribution in [3.63, 3.8) is 0 Å². The number of rotatable bonds is 7. The molecule has 1 atom stereocenters. The first-order valence-electron chi connectivity index (χ1n) is 6.97. The lowest BCUT2D eigenvalue weighted by Crippen LogP contribution is -2.60. The number of hydrogen-bond acceptors (Lipinski definition) is 4. The van der Waals surface area contributed by atoms with Crippen LogP contribution in [0.1, 0.15) is 39.5 Å². The SMILES string of the molecule is CCCN1CCC(CN)(NC(C)CCO)CC1. The fraction of sp³-hybridized carbons (Fsp3) is 1.00. The maximum atomic E-state index is 8.96. The van der Waals surface area contributed by atoms with E-state index in [4.69, 9.17) is 10.8 Å². The second kappa shape index (κ2) is 7.31. The highest BCUT2D eigenvalue weighted by Crippen LogP contribution is 2.22. The minimum Gasteiger partial charge on any atom is -0.396 e. The molecule has 1 saturated heterocycles. The molecule has 0 saturated carbocycles. The zero-order valence-corrected chi connectivity index (χ0v) is 11.4. The van der Waals surface area contributed by atoms with Gasteiger partial charge in [0.1, 0.15) is 0 Å². The molecule has 0 bridgehead atoms. The molecule has 0 radical (unpaired) electrons. The molecular weight excluding hydrogens is 214 g/mol. The summed E-state index contributed by atoms with van der Waals surface area (Å²) in [5.74, 6) is 0. The van der Waals surface area contributed by atoms with Gasteiger partial charge < -0.3 is 21.1 Å². The fourth-order valence-corrected chi connectivity index (χ4v) is 2.72. The van der Waals surface area contributed by atoms with Gasteiger partial charge in [-0.15, -0.1) is 0 Å². The predicted molar refractivity (Wildman–Crippen MR) is 72.1 cm³/mol. The summed E-state index contributed by atoms with van der Waals surface area (Å²) in [6.07, 6.45) is 4.28. The van der Waals surface area contributed by atoms with Crippen LogP contribution in [0.15, 0.2) is 0 Å². The lowest BCUT2D eigenvalue weighted by Gasteiger charge is -2.43. The molecule has 1 heterocycles. The number of aliphatic hydroxyl groups is 1. The normalized spacial score (nSPS) is 22.6. The molecule has 1 fully saturated rings. The van der Waals surface area contributed by atoms with Gasteiger partial charge in [-0.1, -0.05) is 6.92 Å². The molecule has 0 aromatic rings. The van der Waals surface area contributed by atoms with Crippen LogP contribution < -0.4 is 11.1 Å². The zero-order valence-electron chi connectivity index (χ0n) is 11.4. The lowest BCUT2D eigenvalue weighted by molar-refractivity contribution is 0.125. The van der Waals surface area contributed by atoms with Crippen LogP contribution >= 0.6 is 0 Å². The van der Waals surface area contributed by atoms with E-state index in [1.54, 1.807) is 0 Å². The molecule has 17 heavy (non-hydrogen) atoms. The number of nitrogens with two attached hydrogens (primary N) is 1. The molecule has 102 valence electrons. The molecule has 1 unspecified atom stereocenters. The van der Waals surface area contributed by atoms with Gasteiger partial charge in [-0.2, -0.15) is 0 Å². The Labute approximate surface area is 106 Å². The van der Waals surface area contributed by atoms with Crippen molar-refractivity contribution in [3.05, 3.63) is 0 Å². The van der Waals surface area contributed by atoms with E-state index in [2.05, 4.69) is 24.1 Å². The summed E-state index contributed by atoms with van der Waals surface area (Å²) in [6, 6.07) is 0.348. The summed E-state index contributed by atoms with van der Waals surface area (Å²) < 4.78 is 0. The van der Waals surface area contributed by atoms with Gasteiger partial charge in [0.2, 0.25) is 0 Å². The molecule has 1 rings (SSSR count). The zero-order chi connectivity index (χ0) is 12.7. The van der Waals surface area contributed by atoms with Gasteiger partial charge in [0.05, 0.1) is 0 Å². The minimum absolute atomic E-state index is 0.0961. The van der Waals surface area contributed by atoms with Crippen LogP contribution in [-0.4, -0.2) is 54.4 Å². The summed E-state index contributed by atoms with van der Waals surface area (Å²) in [5.41, 5.74) is 6.05. The van der Waals surface area contributed by atoms with E-state index in [0.717, 1.165) is 32.4 Å². The molecule has 4 nitrogen and oxygen atoms in total. The summed E-state index contributed by atoms with van der Waals surface area (Å²) in [7, 11) is 0. The van der Waals surface area contributed by atoms with Crippen molar-refractivity contribution in [2.75, 3.05) is 32.8 Å². The van der Waals surface area contributed by atoms with Crippen molar-refractivity contribution < 1.29 is 5.11 Å². The highest BCUT2D eigenvalue weighted by atomic mass is 16.3. The van der Waals surface area contributed by atoms with Crippen molar-refractivity contribution in [2.45, 2.75) is 51.1 Å². The first-order chi connectivity index (χ1) is 8.15. The second-order valence-corrected chi connectivity index (χ2v) is 5.38. The topological polar surface area (TPSA) is 61.5 Å². The summed E-state index contributed by atoms with van der Waals surface area (Å²) in [6.45, 7) is 8.79. The van der Waals surface area contributed by atoms with Gasteiger partial charge in [-0.05, 0) is 52.2 Å². The second-order valence-electron chi connectivity index (χ2n) is 5.38. The standard InChI is InChI=1S/C13H29N3O/c1-3-7-16-8-5-13(11-14,6-9-16)15-12(2)4-10-17/h12,15,17H,3-11,14H2,1-2H3. The number of hydrogen-bond donors (Lipinski definition) is 3. The van der Waals surface area contributed by atoms with Gasteiger partial charge in [0.25, 0.3) is 0 Å². The van der Waals surface area contributed by atoms with Gasteiger partial charge in [0.15, 0.2) is 0 Å². The highest BCUT2D eigenvalue weighted by Gasteiger charge is 2.33. The lowest BCUT2D eigenvalue weighted by atomic mass is 9.86. The van der Waals surface area contributed by atoms with Crippen LogP contribution in [0.2, 0.25) is 0 Å². The van der Waals surface area contributed by atoms with E-state index in [-0.39, 0.29) is 12.1 Å². The van der Waals surface area contributed by atoms with Gasteiger partial charge in [-0.25, -0.2) is 0 Å². The molecule has 0 spiro atoms. The number of nitrogens with zero attached hydrogens (tertiary/aromatic N) is 1. The van der Waals surface area contributed by atoms with Crippen molar-refractivity contribution in [1.29, 1.82) is 0 Å². The maximum absolute atomic E-state index is 8.96. The molecule has 0 aromatic heterocycles. The number of piperidine rings is 1. The van der Waals surface area contributed by atoms with Crippen molar-refractivity contribution in [1.82, 2.24) is 10.2 Å². The Bertz CT molecular complexity index is 203. The molecule has 4 N–H and O–H groups in total. The molecule has 1 aliphatic heterocycles. The molecule has 4 heteroatoms. The Hall–Kier alpha value is -0.160. The predicted octanol–water partition coefficient (Wildman–Crippen LogP) is 0.550. The first kappa shape index (κ1) is 14.9. The largest absolute Gasteiger partial charge is 0.396 e. The van der Waals surface area contributed by atoms with E-state index in [1.165, 1.54) is 13.0 Å². The summed E-state index contributed by atoms with van der Waals surface area (Å²) in [4.78, 5) is 2.52. The Kier molecular flexibility index (Phi) is 6.41. The quantitative estimate of drug-likeness (QED) is 0.611. The summed E-state index contributed by atoms with van der Waals surface area (Å²) in [5, 5.41) is 12.6. The smallest absolute Gasteiger partial charge is 0.0445 e. The van der Waals surface area contributed by atoms with E-state index >= 15 is 0 Å². The van der Waals surface area contributed by atoms with Gasteiger partial charge in [0, 0.05) is 24.7 Å². The van der Waals surface area contributed by atoms with Crippen LogP contribution in [0.4, 0.5) is 0 Å². The van der Waals surface area contributed by atoms with E-state index in [0.29, 0.717) is 12.6 Å². The Morgan fingerprint density at radius 3 is 2.53 bits per heavy atom. The number of likely N-dealkylation sites (tertiary alicyclic amines) is 1. The van der Waals surface area contributed by atoms with Crippen LogP contribution in [0, 0.1) is 0 Å².